The summed E-state index contributed by atoms with van der Waals surface area (Å²) in [6.45, 7) is 6.12. The summed E-state index contributed by atoms with van der Waals surface area (Å²) in [6.07, 6.45) is 0.408. The molecule has 0 spiro atoms. The molecule has 0 aromatic heterocycles. The number of ether oxygens (including phenoxy) is 2. The Morgan fingerprint density at radius 3 is 2.64 bits per heavy atom. The van der Waals surface area contributed by atoms with E-state index in [-0.39, 0.29) is 12.2 Å². The first-order valence-electron chi connectivity index (χ1n) is 3.99. The summed E-state index contributed by atoms with van der Waals surface area (Å²) in [6, 6.07) is 0. The molecule has 0 aromatic rings. The normalized spacial score (nSPS) is 32.2. The van der Waals surface area contributed by atoms with Gasteiger partial charge in [-0.25, -0.2) is 0 Å². The Morgan fingerprint density at radius 2 is 2.27 bits per heavy atom. The smallest absolute Gasteiger partial charge is 0.163 e. The van der Waals surface area contributed by atoms with Gasteiger partial charge in [0.05, 0.1) is 18.8 Å². The summed E-state index contributed by atoms with van der Waals surface area (Å²) in [7, 11) is 0. The molecule has 1 N–H and O–H groups in total. The fourth-order valence-electron chi connectivity index (χ4n) is 1.26. The highest BCUT2D eigenvalue weighted by Gasteiger charge is 2.32. The molecule has 3 nitrogen and oxygen atoms in total. The van der Waals surface area contributed by atoms with Gasteiger partial charge in [0, 0.05) is 6.42 Å². The van der Waals surface area contributed by atoms with Crippen molar-refractivity contribution in [1.82, 2.24) is 0 Å². The van der Waals surface area contributed by atoms with Gasteiger partial charge in [-0.05, 0) is 20.8 Å². The van der Waals surface area contributed by atoms with Crippen molar-refractivity contribution in [2.24, 2.45) is 0 Å². The number of aliphatic hydroxyl groups is 1. The fourth-order valence-corrected chi connectivity index (χ4v) is 1.26. The van der Waals surface area contributed by atoms with Crippen molar-refractivity contribution in [2.75, 3.05) is 6.61 Å². The highest BCUT2D eigenvalue weighted by Crippen LogP contribution is 2.24. The van der Waals surface area contributed by atoms with E-state index in [2.05, 4.69) is 0 Å². The Hall–Kier alpha value is -0.120. The van der Waals surface area contributed by atoms with E-state index in [4.69, 9.17) is 14.6 Å². The number of rotatable bonds is 2. The molecule has 0 unspecified atom stereocenters. The molecule has 0 radical (unpaired) electrons. The van der Waals surface area contributed by atoms with Crippen LogP contribution in [0.4, 0.5) is 0 Å². The Morgan fingerprint density at radius 1 is 1.64 bits per heavy atom. The van der Waals surface area contributed by atoms with E-state index in [1.807, 2.05) is 13.8 Å². The summed E-state index contributed by atoms with van der Waals surface area (Å²) in [5, 5.41) is 9.05. The molecule has 1 aliphatic heterocycles. The molecule has 3 heteroatoms. The Bertz CT molecular complexity index is 131. The summed E-state index contributed by atoms with van der Waals surface area (Å²) < 4.78 is 10.8. The van der Waals surface area contributed by atoms with Crippen LogP contribution in [0, 0.1) is 0 Å². The van der Waals surface area contributed by atoms with E-state index in [0.29, 0.717) is 13.0 Å². The van der Waals surface area contributed by atoms with Crippen molar-refractivity contribution in [3.63, 3.8) is 0 Å². The van der Waals surface area contributed by atoms with Crippen LogP contribution >= 0.6 is 0 Å². The minimum atomic E-state index is -0.459. The van der Waals surface area contributed by atoms with Crippen LogP contribution in [0.3, 0.4) is 0 Å². The Balaban J connectivity index is 2.31. The number of hydrogen-bond acceptors (Lipinski definition) is 3. The topological polar surface area (TPSA) is 38.7 Å². The van der Waals surface area contributed by atoms with Gasteiger partial charge < -0.3 is 14.6 Å². The van der Waals surface area contributed by atoms with E-state index < -0.39 is 5.79 Å². The molecular weight excluding hydrogens is 144 g/mol. The van der Waals surface area contributed by atoms with Crippen LogP contribution in [0.1, 0.15) is 27.2 Å². The average Bonchev–Trinajstić information content (AvgIpc) is 2.08. The lowest BCUT2D eigenvalue weighted by Crippen LogP contribution is -2.23. The van der Waals surface area contributed by atoms with Crippen LogP contribution in [-0.2, 0) is 9.47 Å². The van der Waals surface area contributed by atoms with Crippen LogP contribution in [0.2, 0.25) is 0 Å². The number of aliphatic hydroxyl groups excluding tert-OH is 1. The monoisotopic (exact) mass is 160 g/mol. The van der Waals surface area contributed by atoms with Crippen molar-refractivity contribution in [1.29, 1.82) is 0 Å². The van der Waals surface area contributed by atoms with Gasteiger partial charge in [0.25, 0.3) is 0 Å². The molecule has 0 saturated carbocycles. The van der Waals surface area contributed by atoms with Crippen molar-refractivity contribution >= 4 is 0 Å². The van der Waals surface area contributed by atoms with Gasteiger partial charge in [-0.2, -0.15) is 0 Å². The highest BCUT2D eigenvalue weighted by atomic mass is 16.7. The third-order valence-corrected chi connectivity index (χ3v) is 1.67. The van der Waals surface area contributed by atoms with Crippen molar-refractivity contribution in [2.45, 2.75) is 45.2 Å². The van der Waals surface area contributed by atoms with Crippen LogP contribution < -0.4 is 0 Å². The molecule has 11 heavy (non-hydrogen) atoms. The quantitative estimate of drug-likeness (QED) is 0.652. The van der Waals surface area contributed by atoms with Crippen molar-refractivity contribution in [3.05, 3.63) is 0 Å². The largest absolute Gasteiger partial charge is 0.393 e. The minimum absolute atomic E-state index is 0.0602. The molecule has 1 saturated heterocycles. The Labute approximate surface area is 67.3 Å². The zero-order valence-corrected chi connectivity index (χ0v) is 7.33. The van der Waals surface area contributed by atoms with Crippen LogP contribution in [0.25, 0.3) is 0 Å². The van der Waals surface area contributed by atoms with Gasteiger partial charge in [-0.15, -0.1) is 0 Å². The van der Waals surface area contributed by atoms with Gasteiger partial charge in [-0.3, -0.25) is 0 Å². The average molecular weight is 160 g/mol. The molecule has 0 aliphatic carbocycles. The second-order valence-electron chi connectivity index (χ2n) is 3.54. The van der Waals surface area contributed by atoms with Gasteiger partial charge >= 0.3 is 0 Å². The maximum Gasteiger partial charge on any atom is 0.163 e. The summed E-state index contributed by atoms with van der Waals surface area (Å²) >= 11 is 0. The van der Waals surface area contributed by atoms with Crippen LogP contribution in [0.5, 0.6) is 0 Å². The van der Waals surface area contributed by atoms with Gasteiger partial charge in [0.1, 0.15) is 0 Å². The molecule has 1 aliphatic rings. The van der Waals surface area contributed by atoms with E-state index in [9.17, 15) is 0 Å². The molecule has 1 heterocycles. The molecular formula is C8H16O3. The maximum absolute atomic E-state index is 9.05. The third kappa shape index (κ3) is 2.77. The van der Waals surface area contributed by atoms with Crippen LogP contribution in [0.15, 0.2) is 0 Å². The molecule has 2 atom stereocenters. The second-order valence-corrected chi connectivity index (χ2v) is 3.54. The van der Waals surface area contributed by atoms with Gasteiger partial charge in [-0.1, -0.05) is 0 Å². The molecule has 66 valence electrons. The van der Waals surface area contributed by atoms with Gasteiger partial charge in [0.2, 0.25) is 0 Å². The minimum Gasteiger partial charge on any atom is -0.393 e. The van der Waals surface area contributed by atoms with E-state index in [1.54, 1.807) is 6.92 Å². The van der Waals surface area contributed by atoms with E-state index in [0.717, 1.165) is 0 Å². The Kier molecular flexibility index (Phi) is 2.52. The summed E-state index contributed by atoms with van der Waals surface area (Å²) in [4.78, 5) is 0. The molecule has 0 amide bonds. The maximum atomic E-state index is 9.05. The first-order valence-corrected chi connectivity index (χ1v) is 3.99. The zero-order chi connectivity index (χ0) is 8.48. The predicted octanol–water partition coefficient (Wildman–Crippen LogP) is 0.909. The molecule has 1 rings (SSSR count). The summed E-state index contributed by atoms with van der Waals surface area (Å²) in [5.74, 6) is -0.459. The van der Waals surface area contributed by atoms with Crippen molar-refractivity contribution < 1.29 is 14.6 Å². The second kappa shape index (κ2) is 3.09. The predicted molar refractivity (Wildman–Crippen MR) is 41.2 cm³/mol. The SMILES string of the molecule is C[C@H](O)C[C@H]1COC(C)(C)O1. The zero-order valence-electron chi connectivity index (χ0n) is 7.33. The first-order chi connectivity index (χ1) is 4.99. The molecule has 1 fully saturated rings. The van der Waals surface area contributed by atoms with E-state index in [1.165, 1.54) is 0 Å². The molecule has 0 aromatic carbocycles. The summed E-state index contributed by atoms with van der Waals surface area (Å²) in [5.41, 5.74) is 0. The van der Waals surface area contributed by atoms with Crippen LogP contribution in [-0.4, -0.2) is 29.7 Å². The lowest BCUT2D eigenvalue weighted by atomic mass is 10.2. The highest BCUT2D eigenvalue weighted by molar-refractivity contribution is 4.72. The lowest BCUT2D eigenvalue weighted by Gasteiger charge is -2.17. The third-order valence-electron chi connectivity index (χ3n) is 1.67. The standard InChI is InChI=1S/C8H16O3/c1-6(9)4-7-5-10-8(2,3)11-7/h6-7,9H,4-5H2,1-3H3/t6-,7-/m0/s1. The van der Waals surface area contributed by atoms with E-state index >= 15 is 0 Å². The fraction of sp³-hybridized carbons (Fsp3) is 1.00. The lowest BCUT2D eigenvalue weighted by molar-refractivity contribution is -0.141. The molecule has 0 bridgehead atoms. The number of hydrogen-bond donors (Lipinski definition) is 1. The van der Waals surface area contributed by atoms with Crippen molar-refractivity contribution in [3.8, 4) is 0 Å². The first kappa shape index (κ1) is 8.97. The van der Waals surface area contributed by atoms with Gasteiger partial charge in [0.15, 0.2) is 5.79 Å².